The van der Waals surface area contributed by atoms with Crippen molar-refractivity contribution in [3.63, 3.8) is 0 Å². The van der Waals surface area contributed by atoms with Crippen LogP contribution in [0, 0.1) is 0 Å². The number of fused-ring (bicyclic) bond motifs is 1. The van der Waals surface area contributed by atoms with E-state index < -0.39 is 16.3 Å². The standard InChI is InChI=1S/C13H10ClNO3S/c14-10-7-4-8-11-12(10)13(16)15(19(11,17)18)9-5-2-1-3-6-9/h1-8,13,16H. The Morgan fingerprint density at radius 1 is 1.05 bits per heavy atom. The van der Waals surface area contributed by atoms with Crippen LogP contribution >= 0.6 is 11.6 Å². The molecule has 1 unspecified atom stereocenters. The molecule has 1 N–H and O–H groups in total. The molecule has 0 saturated heterocycles. The minimum Gasteiger partial charge on any atom is -0.368 e. The summed E-state index contributed by atoms with van der Waals surface area (Å²) in [5, 5.41) is 10.5. The third kappa shape index (κ3) is 1.74. The minimum absolute atomic E-state index is 0.0522. The Labute approximate surface area is 115 Å². The van der Waals surface area contributed by atoms with Crippen molar-refractivity contribution < 1.29 is 13.5 Å². The Hall–Kier alpha value is -1.56. The van der Waals surface area contributed by atoms with Crippen LogP contribution in [0.2, 0.25) is 5.02 Å². The van der Waals surface area contributed by atoms with E-state index in [1.165, 1.54) is 6.07 Å². The van der Waals surface area contributed by atoms with Gasteiger partial charge in [-0.05, 0) is 24.3 Å². The molecule has 1 atom stereocenters. The molecule has 0 radical (unpaired) electrons. The summed E-state index contributed by atoms with van der Waals surface area (Å²) >= 11 is 5.99. The molecule has 1 aliphatic rings. The van der Waals surface area contributed by atoms with Crippen LogP contribution in [0.5, 0.6) is 0 Å². The second kappa shape index (κ2) is 4.23. The molecule has 19 heavy (non-hydrogen) atoms. The van der Waals surface area contributed by atoms with Gasteiger partial charge in [0.25, 0.3) is 10.0 Å². The van der Waals surface area contributed by atoms with E-state index in [0.717, 1.165) is 4.31 Å². The van der Waals surface area contributed by atoms with Gasteiger partial charge in [0, 0.05) is 10.6 Å². The van der Waals surface area contributed by atoms with Crippen LogP contribution in [0.25, 0.3) is 0 Å². The summed E-state index contributed by atoms with van der Waals surface area (Å²) < 4.78 is 25.9. The third-order valence-electron chi connectivity index (χ3n) is 3.04. The third-order valence-corrected chi connectivity index (χ3v) is 5.21. The van der Waals surface area contributed by atoms with Crippen molar-refractivity contribution in [2.45, 2.75) is 11.1 Å². The van der Waals surface area contributed by atoms with Gasteiger partial charge in [-0.25, -0.2) is 12.7 Å². The molecule has 0 spiro atoms. The summed E-state index contributed by atoms with van der Waals surface area (Å²) in [6.07, 6.45) is -1.30. The van der Waals surface area contributed by atoms with E-state index in [9.17, 15) is 13.5 Å². The van der Waals surface area contributed by atoms with Crippen LogP contribution in [0.3, 0.4) is 0 Å². The Kier molecular flexibility index (Phi) is 2.78. The first-order valence-electron chi connectivity index (χ1n) is 5.59. The second-order valence-corrected chi connectivity index (χ2v) is 6.35. The Morgan fingerprint density at radius 3 is 2.37 bits per heavy atom. The monoisotopic (exact) mass is 295 g/mol. The molecule has 1 heterocycles. The van der Waals surface area contributed by atoms with E-state index in [-0.39, 0.29) is 15.5 Å². The van der Waals surface area contributed by atoms with Crippen LogP contribution in [-0.2, 0) is 10.0 Å². The molecule has 0 aliphatic carbocycles. The zero-order valence-corrected chi connectivity index (χ0v) is 11.3. The quantitative estimate of drug-likeness (QED) is 0.879. The van der Waals surface area contributed by atoms with Crippen LogP contribution in [-0.4, -0.2) is 13.5 Å². The number of anilines is 1. The first-order chi connectivity index (χ1) is 9.03. The average molecular weight is 296 g/mol. The summed E-state index contributed by atoms with van der Waals surface area (Å²) in [7, 11) is -3.77. The summed E-state index contributed by atoms with van der Waals surface area (Å²) in [6, 6.07) is 13.0. The number of halogens is 1. The normalized spacial score (nSPS) is 20.3. The van der Waals surface area contributed by atoms with E-state index in [2.05, 4.69) is 0 Å². The van der Waals surface area contributed by atoms with Crippen molar-refractivity contribution in [1.82, 2.24) is 0 Å². The molecule has 0 fully saturated rings. The van der Waals surface area contributed by atoms with Crippen molar-refractivity contribution in [2.24, 2.45) is 0 Å². The van der Waals surface area contributed by atoms with Crippen LogP contribution < -0.4 is 4.31 Å². The highest BCUT2D eigenvalue weighted by Crippen LogP contribution is 2.43. The smallest absolute Gasteiger partial charge is 0.267 e. The molecule has 98 valence electrons. The van der Waals surface area contributed by atoms with Gasteiger partial charge in [0.15, 0.2) is 6.23 Å². The number of rotatable bonds is 1. The molecule has 1 aliphatic heterocycles. The van der Waals surface area contributed by atoms with E-state index in [0.29, 0.717) is 5.69 Å². The van der Waals surface area contributed by atoms with Crippen molar-refractivity contribution >= 4 is 27.3 Å². The second-order valence-electron chi connectivity index (χ2n) is 4.16. The maximum atomic E-state index is 12.5. The first-order valence-corrected chi connectivity index (χ1v) is 7.41. The fraction of sp³-hybridized carbons (Fsp3) is 0.0769. The van der Waals surface area contributed by atoms with Crippen molar-refractivity contribution in [1.29, 1.82) is 0 Å². The van der Waals surface area contributed by atoms with E-state index in [1.54, 1.807) is 42.5 Å². The van der Waals surface area contributed by atoms with Gasteiger partial charge in [-0.2, -0.15) is 0 Å². The fourth-order valence-electron chi connectivity index (χ4n) is 2.20. The lowest BCUT2D eigenvalue weighted by molar-refractivity contribution is 0.193. The molecule has 0 amide bonds. The maximum absolute atomic E-state index is 12.5. The number of para-hydroxylation sites is 1. The summed E-state index contributed by atoms with van der Waals surface area (Å²) in [4.78, 5) is 0.0522. The highest BCUT2D eigenvalue weighted by molar-refractivity contribution is 7.93. The van der Waals surface area contributed by atoms with Gasteiger partial charge >= 0.3 is 0 Å². The van der Waals surface area contributed by atoms with Crippen molar-refractivity contribution in [2.75, 3.05) is 4.31 Å². The van der Waals surface area contributed by atoms with Crippen LogP contribution in [0.4, 0.5) is 5.69 Å². The summed E-state index contributed by atoms with van der Waals surface area (Å²) in [5.41, 5.74) is 0.635. The predicted molar refractivity (Wildman–Crippen MR) is 72.5 cm³/mol. The molecule has 0 bridgehead atoms. The van der Waals surface area contributed by atoms with Gasteiger partial charge in [-0.1, -0.05) is 35.9 Å². The van der Waals surface area contributed by atoms with Gasteiger partial charge in [0.05, 0.1) is 10.6 Å². The molecular weight excluding hydrogens is 286 g/mol. The number of hydrogen-bond donors (Lipinski definition) is 1. The van der Waals surface area contributed by atoms with Crippen molar-refractivity contribution in [3.05, 3.63) is 59.1 Å². The average Bonchev–Trinajstić information content (AvgIpc) is 2.59. The number of nitrogens with zero attached hydrogens (tertiary/aromatic N) is 1. The van der Waals surface area contributed by atoms with Gasteiger partial charge in [-0.3, -0.25) is 0 Å². The number of sulfonamides is 1. The maximum Gasteiger partial charge on any atom is 0.267 e. The molecule has 0 saturated carbocycles. The Morgan fingerprint density at radius 2 is 1.74 bits per heavy atom. The van der Waals surface area contributed by atoms with E-state index in [1.807, 2.05) is 0 Å². The predicted octanol–water partition coefficient (Wildman–Crippen LogP) is 2.54. The van der Waals surface area contributed by atoms with Gasteiger partial charge in [-0.15, -0.1) is 0 Å². The fourth-order valence-corrected chi connectivity index (χ4v) is 4.25. The van der Waals surface area contributed by atoms with E-state index in [4.69, 9.17) is 11.6 Å². The highest BCUT2D eigenvalue weighted by Gasteiger charge is 2.43. The summed E-state index contributed by atoms with van der Waals surface area (Å²) in [5.74, 6) is 0. The lowest BCUT2D eigenvalue weighted by Gasteiger charge is -2.21. The molecule has 0 aromatic heterocycles. The number of benzene rings is 2. The van der Waals surface area contributed by atoms with Crippen molar-refractivity contribution in [3.8, 4) is 0 Å². The van der Waals surface area contributed by atoms with Gasteiger partial charge in [0.1, 0.15) is 0 Å². The number of aliphatic hydroxyl groups excluding tert-OH is 1. The van der Waals surface area contributed by atoms with Crippen LogP contribution in [0.15, 0.2) is 53.4 Å². The number of hydrogen-bond acceptors (Lipinski definition) is 3. The molecule has 6 heteroatoms. The number of aliphatic hydroxyl groups is 1. The lowest BCUT2D eigenvalue weighted by atomic mass is 10.2. The Balaban J connectivity index is 2.25. The lowest BCUT2D eigenvalue weighted by Crippen LogP contribution is -2.27. The zero-order valence-electron chi connectivity index (χ0n) is 9.69. The van der Waals surface area contributed by atoms with Gasteiger partial charge < -0.3 is 5.11 Å². The Bertz CT molecular complexity index is 731. The van der Waals surface area contributed by atoms with Gasteiger partial charge in [0.2, 0.25) is 0 Å². The first kappa shape index (κ1) is 12.5. The SMILES string of the molecule is O=S1(=O)c2cccc(Cl)c2C(O)N1c1ccccc1. The molecule has 2 aromatic carbocycles. The minimum atomic E-state index is -3.77. The molecular formula is C13H10ClNO3S. The molecule has 4 nitrogen and oxygen atoms in total. The topological polar surface area (TPSA) is 57.6 Å². The zero-order chi connectivity index (χ0) is 13.6. The van der Waals surface area contributed by atoms with Crippen LogP contribution in [0.1, 0.15) is 11.8 Å². The summed E-state index contributed by atoms with van der Waals surface area (Å²) in [6.45, 7) is 0. The highest BCUT2D eigenvalue weighted by atomic mass is 35.5. The molecule has 2 aromatic rings. The van der Waals surface area contributed by atoms with E-state index >= 15 is 0 Å². The molecule has 3 rings (SSSR count). The largest absolute Gasteiger partial charge is 0.368 e.